The van der Waals surface area contributed by atoms with E-state index in [1.165, 1.54) is 19.1 Å². The Morgan fingerprint density at radius 3 is 2.25 bits per heavy atom. The topological polar surface area (TPSA) is 72.5 Å². The summed E-state index contributed by atoms with van der Waals surface area (Å²) in [5, 5.41) is 2.80. The van der Waals surface area contributed by atoms with Crippen molar-refractivity contribution >= 4 is 17.7 Å². The highest BCUT2D eigenvalue weighted by atomic mass is 16.6. The largest absolute Gasteiger partial charge is 0.451 e. The van der Waals surface area contributed by atoms with Gasteiger partial charge in [0.15, 0.2) is 11.4 Å². The average molecular weight is 279 g/mol. The number of ether oxygens (including phenoxy) is 1. The van der Waals surface area contributed by atoms with Crippen LogP contribution in [0.2, 0.25) is 0 Å². The average Bonchev–Trinajstić information content (AvgIpc) is 2.31. The van der Waals surface area contributed by atoms with Crippen molar-refractivity contribution in [2.24, 2.45) is 5.41 Å². The predicted octanol–water partition coefficient (Wildman–Crippen LogP) is 1.54. The Bertz CT molecular complexity index is 453. The lowest BCUT2D eigenvalue weighted by Gasteiger charge is -2.29. The summed E-state index contributed by atoms with van der Waals surface area (Å²) < 4.78 is 5.28. The van der Waals surface area contributed by atoms with Gasteiger partial charge in [0.05, 0.1) is 0 Å². The van der Waals surface area contributed by atoms with Crippen molar-refractivity contribution < 1.29 is 19.1 Å². The van der Waals surface area contributed by atoms with E-state index < -0.39 is 17.0 Å². The van der Waals surface area contributed by atoms with E-state index >= 15 is 0 Å². The first-order valence-electron chi connectivity index (χ1n) is 6.55. The lowest BCUT2D eigenvalue weighted by Crippen LogP contribution is -2.40. The summed E-state index contributed by atoms with van der Waals surface area (Å²) in [4.78, 5) is 34.1. The summed E-state index contributed by atoms with van der Waals surface area (Å²) in [6.07, 6.45) is 6.23. The molecule has 0 aromatic rings. The van der Waals surface area contributed by atoms with Gasteiger partial charge in [0.2, 0.25) is 5.91 Å². The van der Waals surface area contributed by atoms with E-state index in [1.807, 2.05) is 20.8 Å². The fourth-order valence-electron chi connectivity index (χ4n) is 1.75. The maximum Gasteiger partial charge on any atom is 0.303 e. The third-order valence-corrected chi connectivity index (χ3v) is 2.88. The first-order chi connectivity index (χ1) is 9.15. The Kier molecular flexibility index (Phi) is 4.87. The number of allylic oxidation sites excluding steroid dienone is 2. The van der Waals surface area contributed by atoms with Crippen LogP contribution in [-0.2, 0) is 19.1 Å². The molecule has 0 saturated heterocycles. The van der Waals surface area contributed by atoms with Gasteiger partial charge in [0.25, 0.3) is 0 Å². The van der Waals surface area contributed by atoms with Gasteiger partial charge < -0.3 is 10.1 Å². The van der Waals surface area contributed by atoms with Gasteiger partial charge in [-0.25, -0.2) is 0 Å². The van der Waals surface area contributed by atoms with Gasteiger partial charge in [0.1, 0.15) is 0 Å². The summed E-state index contributed by atoms with van der Waals surface area (Å²) in [5.74, 6) is -0.655. The number of nitrogens with one attached hydrogen (secondary N) is 1. The van der Waals surface area contributed by atoms with E-state index in [0.717, 1.165) is 0 Å². The molecule has 0 unspecified atom stereocenters. The maximum atomic E-state index is 11.8. The second-order valence-corrected chi connectivity index (χ2v) is 5.87. The molecular formula is C15H21NO4. The van der Waals surface area contributed by atoms with Gasteiger partial charge in [-0.05, 0) is 24.3 Å². The van der Waals surface area contributed by atoms with E-state index in [-0.39, 0.29) is 11.7 Å². The number of carbonyl (C=O) groups excluding carboxylic acids is 3. The van der Waals surface area contributed by atoms with Crippen LogP contribution in [0.1, 0.15) is 34.1 Å². The summed E-state index contributed by atoms with van der Waals surface area (Å²) >= 11 is 0. The predicted molar refractivity (Wildman–Crippen MR) is 74.9 cm³/mol. The molecule has 20 heavy (non-hydrogen) atoms. The molecule has 0 aromatic heterocycles. The third kappa shape index (κ3) is 4.64. The molecule has 5 nitrogen and oxygen atoms in total. The van der Waals surface area contributed by atoms with Crippen LogP contribution < -0.4 is 5.32 Å². The number of esters is 1. The maximum absolute atomic E-state index is 11.8. The lowest BCUT2D eigenvalue weighted by atomic mass is 9.92. The normalized spacial score (nSPS) is 16.9. The molecule has 0 atom stereocenters. The number of ketones is 1. The van der Waals surface area contributed by atoms with Gasteiger partial charge in [-0.1, -0.05) is 20.8 Å². The molecule has 110 valence electrons. The lowest BCUT2D eigenvalue weighted by molar-refractivity contribution is -0.149. The minimum Gasteiger partial charge on any atom is -0.451 e. The molecule has 0 heterocycles. The molecule has 0 radical (unpaired) electrons. The van der Waals surface area contributed by atoms with E-state index in [1.54, 1.807) is 12.2 Å². The van der Waals surface area contributed by atoms with Crippen LogP contribution in [0.25, 0.3) is 0 Å². The molecule has 0 saturated carbocycles. The summed E-state index contributed by atoms with van der Waals surface area (Å²) in [6, 6.07) is 0. The van der Waals surface area contributed by atoms with Gasteiger partial charge in [-0.3, -0.25) is 14.4 Å². The van der Waals surface area contributed by atoms with Crippen molar-refractivity contribution in [1.82, 2.24) is 5.32 Å². The van der Waals surface area contributed by atoms with E-state index in [2.05, 4.69) is 5.32 Å². The first kappa shape index (κ1) is 16.1. The van der Waals surface area contributed by atoms with Crippen molar-refractivity contribution in [1.29, 1.82) is 0 Å². The van der Waals surface area contributed by atoms with Crippen LogP contribution in [0.3, 0.4) is 0 Å². The smallest absolute Gasteiger partial charge is 0.303 e. The number of amides is 1. The van der Waals surface area contributed by atoms with Gasteiger partial charge in [-0.2, -0.15) is 0 Å². The standard InChI is InChI=1S/C15H21NO4/c1-11(17)20-15(7-5-12(18)6-8-15)9-10-16-13(19)14(2,3)4/h5-8H,9-10H2,1-4H3,(H,16,19). The SMILES string of the molecule is CC(=O)OC1(CCNC(=O)C(C)(C)C)C=CC(=O)C=C1. The molecule has 0 fully saturated rings. The van der Waals surface area contributed by atoms with E-state index in [9.17, 15) is 14.4 Å². The van der Waals surface area contributed by atoms with Crippen molar-refractivity contribution in [3.05, 3.63) is 24.3 Å². The zero-order chi connectivity index (χ0) is 15.4. The molecule has 1 amide bonds. The minimum absolute atomic E-state index is 0.0738. The Hall–Kier alpha value is -1.91. The minimum atomic E-state index is -0.953. The highest BCUT2D eigenvalue weighted by Gasteiger charge is 2.30. The summed E-state index contributed by atoms with van der Waals surface area (Å²) in [5.41, 5.74) is -1.42. The Balaban J connectivity index is 2.66. The van der Waals surface area contributed by atoms with Gasteiger partial charge >= 0.3 is 5.97 Å². The van der Waals surface area contributed by atoms with Crippen LogP contribution in [0.15, 0.2) is 24.3 Å². The molecule has 0 aromatic carbocycles. The van der Waals surface area contributed by atoms with Crippen molar-refractivity contribution in [3.8, 4) is 0 Å². The molecule has 1 N–H and O–H groups in total. The monoisotopic (exact) mass is 279 g/mol. The number of rotatable bonds is 4. The first-order valence-corrected chi connectivity index (χ1v) is 6.55. The molecule has 1 aliphatic carbocycles. The Morgan fingerprint density at radius 1 is 1.25 bits per heavy atom. The van der Waals surface area contributed by atoms with E-state index in [4.69, 9.17) is 4.74 Å². The Morgan fingerprint density at radius 2 is 1.80 bits per heavy atom. The van der Waals surface area contributed by atoms with Crippen LogP contribution in [0.4, 0.5) is 0 Å². The second-order valence-electron chi connectivity index (χ2n) is 5.87. The number of carbonyl (C=O) groups is 3. The molecular weight excluding hydrogens is 258 g/mol. The summed E-state index contributed by atoms with van der Waals surface area (Å²) in [7, 11) is 0. The molecule has 0 aliphatic heterocycles. The van der Waals surface area contributed by atoms with Crippen molar-refractivity contribution in [3.63, 3.8) is 0 Å². The fraction of sp³-hybridized carbons (Fsp3) is 0.533. The third-order valence-electron chi connectivity index (χ3n) is 2.88. The van der Waals surface area contributed by atoms with Gasteiger partial charge in [0, 0.05) is 25.3 Å². The van der Waals surface area contributed by atoms with Gasteiger partial charge in [-0.15, -0.1) is 0 Å². The highest BCUT2D eigenvalue weighted by molar-refractivity contribution is 6.00. The second kappa shape index (κ2) is 6.03. The number of hydrogen-bond donors (Lipinski definition) is 1. The van der Waals surface area contributed by atoms with Crippen LogP contribution >= 0.6 is 0 Å². The van der Waals surface area contributed by atoms with Crippen LogP contribution in [0.5, 0.6) is 0 Å². The van der Waals surface area contributed by atoms with Crippen LogP contribution in [-0.4, -0.2) is 29.8 Å². The van der Waals surface area contributed by atoms with E-state index in [0.29, 0.717) is 13.0 Å². The van der Waals surface area contributed by atoms with Crippen molar-refractivity contribution in [2.75, 3.05) is 6.54 Å². The molecule has 5 heteroatoms. The molecule has 1 aliphatic rings. The fourth-order valence-corrected chi connectivity index (χ4v) is 1.75. The van der Waals surface area contributed by atoms with Crippen molar-refractivity contribution in [2.45, 2.75) is 39.7 Å². The van der Waals surface area contributed by atoms with Crippen LogP contribution in [0, 0.1) is 5.41 Å². The molecule has 0 bridgehead atoms. The quantitative estimate of drug-likeness (QED) is 0.792. The summed E-state index contributed by atoms with van der Waals surface area (Å²) in [6.45, 7) is 7.13. The number of hydrogen-bond acceptors (Lipinski definition) is 4. The molecule has 0 spiro atoms. The Labute approximate surface area is 119 Å². The zero-order valence-electron chi connectivity index (χ0n) is 12.4. The molecule has 1 rings (SSSR count). The highest BCUT2D eigenvalue weighted by Crippen LogP contribution is 2.23. The zero-order valence-corrected chi connectivity index (χ0v) is 12.4.